The predicted molar refractivity (Wildman–Crippen MR) is 69.3 cm³/mol. The molecule has 0 unspecified atom stereocenters. The fourth-order valence-electron chi connectivity index (χ4n) is 2.10. The molecule has 0 spiro atoms. The Kier molecular flexibility index (Phi) is 2.75. The number of hydrogen-bond acceptors (Lipinski definition) is 0. The molecule has 0 aliphatic carbocycles. The molecule has 19 heavy (non-hydrogen) atoms. The molecule has 0 aliphatic rings. The first-order chi connectivity index (χ1) is 9.15. The molecule has 0 radical (unpaired) electrons. The molecule has 0 aliphatic heterocycles. The number of hydrogen-bond donors (Lipinski definition) is 0. The molecule has 0 bridgehead atoms. The molecule has 0 fully saturated rings. The third-order valence-corrected chi connectivity index (χ3v) is 3.07. The van der Waals surface area contributed by atoms with Gasteiger partial charge in [0.15, 0.2) is 11.6 Å². The van der Waals surface area contributed by atoms with Crippen molar-refractivity contribution in [2.24, 2.45) is 0 Å². The predicted octanol–water partition coefficient (Wildman–Crippen LogP) is 4.92. The Labute approximate surface area is 108 Å². The van der Waals surface area contributed by atoms with Gasteiger partial charge in [0, 0.05) is 11.6 Å². The summed E-state index contributed by atoms with van der Waals surface area (Å²) < 4.78 is 39.8. The molecule has 3 aromatic rings. The third kappa shape index (κ3) is 2.08. The van der Waals surface area contributed by atoms with E-state index in [0.717, 1.165) is 16.8 Å². The van der Waals surface area contributed by atoms with Gasteiger partial charge in [-0.15, -0.1) is 0 Å². The van der Waals surface area contributed by atoms with E-state index in [4.69, 9.17) is 0 Å². The van der Waals surface area contributed by atoms with Gasteiger partial charge in [-0.3, -0.25) is 0 Å². The van der Waals surface area contributed by atoms with Gasteiger partial charge >= 0.3 is 0 Å². The maximum Gasteiger partial charge on any atom is 0.161 e. The molecule has 3 heteroatoms. The summed E-state index contributed by atoms with van der Waals surface area (Å²) in [4.78, 5) is 0. The average molecular weight is 258 g/mol. The van der Waals surface area contributed by atoms with E-state index in [2.05, 4.69) is 0 Å². The van der Waals surface area contributed by atoms with Gasteiger partial charge < -0.3 is 0 Å². The van der Waals surface area contributed by atoms with Crippen molar-refractivity contribution < 1.29 is 13.2 Å². The van der Waals surface area contributed by atoms with Crippen LogP contribution in [0.2, 0.25) is 0 Å². The van der Waals surface area contributed by atoms with E-state index in [1.165, 1.54) is 0 Å². The average Bonchev–Trinajstić information content (AvgIpc) is 2.42. The second-order valence-corrected chi connectivity index (χ2v) is 4.31. The highest BCUT2D eigenvalue weighted by Gasteiger charge is 2.11. The van der Waals surface area contributed by atoms with Crippen molar-refractivity contribution in [3.63, 3.8) is 0 Å². The monoisotopic (exact) mass is 258 g/mol. The second kappa shape index (κ2) is 4.43. The summed E-state index contributed by atoms with van der Waals surface area (Å²) in [6.45, 7) is 0. The van der Waals surface area contributed by atoms with Crippen LogP contribution in [0.4, 0.5) is 13.2 Å². The van der Waals surface area contributed by atoms with Crippen molar-refractivity contribution in [1.82, 2.24) is 0 Å². The second-order valence-electron chi connectivity index (χ2n) is 4.31. The zero-order valence-corrected chi connectivity index (χ0v) is 9.83. The number of rotatable bonds is 1. The summed E-state index contributed by atoms with van der Waals surface area (Å²) >= 11 is 0. The van der Waals surface area contributed by atoms with Gasteiger partial charge in [-0.25, -0.2) is 13.2 Å². The summed E-state index contributed by atoms with van der Waals surface area (Å²) in [6.07, 6.45) is 0. The van der Waals surface area contributed by atoms with Crippen molar-refractivity contribution in [3.05, 3.63) is 72.0 Å². The third-order valence-electron chi connectivity index (χ3n) is 3.07. The van der Waals surface area contributed by atoms with Crippen LogP contribution in [0.5, 0.6) is 0 Å². The van der Waals surface area contributed by atoms with E-state index >= 15 is 0 Å². The molecule has 0 heterocycles. The first-order valence-corrected chi connectivity index (χ1v) is 5.79. The zero-order valence-electron chi connectivity index (χ0n) is 9.83. The van der Waals surface area contributed by atoms with Crippen LogP contribution in [0.15, 0.2) is 54.6 Å². The molecule has 3 aromatic carbocycles. The van der Waals surface area contributed by atoms with Gasteiger partial charge in [0.1, 0.15) is 5.82 Å². The highest BCUT2D eigenvalue weighted by Crippen LogP contribution is 2.28. The van der Waals surface area contributed by atoms with Crippen LogP contribution in [-0.2, 0) is 0 Å². The Bertz CT molecular complexity index is 763. The lowest BCUT2D eigenvalue weighted by Crippen LogP contribution is -1.91. The molecule has 0 atom stereocenters. The highest BCUT2D eigenvalue weighted by molar-refractivity contribution is 5.87. The van der Waals surface area contributed by atoms with E-state index in [0.29, 0.717) is 11.6 Å². The van der Waals surface area contributed by atoms with E-state index < -0.39 is 17.5 Å². The van der Waals surface area contributed by atoms with Crippen molar-refractivity contribution in [2.75, 3.05) is 0 Å². The van der Waals surface area contributed by atoms with E-state index in [9.17, 15) is 13.2 Å². The molecule has 0 amide bonds. The molecule has 0 saturated heterocycles. The Balaban J connectivity index is 2.21. The molecular formula is C16H9F3. The van der Waals surface area contributed by atoms with Crippen LogP contribution in [0.1, 0.15) is 0 Å². The van der Waals surface area contributed by atoms with Gasteiger partial charge in [-0.2, -0.15) is 0 Å². The molecule has 3 rings (SSSR count). The van der Waals surface area contributed by atoms with Gasteiger partial charge in [0.05, 0.1) is 0 Å². The van der Waals surface area contributed by atoms with Crippen molar-refractivity contribution in [2.45, 2.75) is 0 Å². The lowest BCUT2D eigenvalue weighted by molar-refractivity contribution is 0.496. The molecular weight excluding hydrogens is 249 g/mol. The summed E-state index contributed by atoms with van der Waals surface area (Å²) in [6, 6.07) is 14.3. The number of benzene rings is 3. The normalized spacial score (nSPS) is 10.9. The van der Waals surface area contributed by atoms with Gasteiger partial charge in [0.25, 0.3) is 0 Å². The molecule has 0 N–H and O–H groups in total. The van der Waals surface area contributed by atoms with Crippen LogP contribution in [-0.4, -0.2) is 0 Å². The minimum absolute atomic E-state index is 0.0599. The SMILES string of the molecule is Fc1cc(F)c(-c2ccc3ccccc3c2)cc1F. The quantitative estimate of drug-likeness (QED) is 0.543. The largest absolute Gasteiger partial charge is 0.206 e. The minimum Gasteiger partial charge on any atom is -0.206 e. The summed E-state index contributed by atoms with van der Waals surface area (Å²) in [5, 5.41) is 1.93. The molecule has 94 valence electrons. The van der Waals surface area contributed by atoms with Crippen LogP contribution in [0.3, 0.4) is 0 Å². The van der Waals surface area contributed by atoms with Crippen molar-refractivity contribution in [3.8, 4) is 11.1 Å². The Morgan fingerprint density at radius 2 is 1.26 bits per heavy atom. The fraction of sp³-hybridized carbons (Fsp3) is 0. The topological polar surface area (TPSA) is 0 Å². The van der Waals surface area contributed by atoms with E-state index in [-0.39, 0.29) is 5.56 Å². The van der Waals surface area contributed by atoms with Crippen LogP contribution in [0.25, 0.3) is 21.9 Å². The lowest BCUT2D eigenvalue weighted by Gasteiger charge is -2.06. The lowest BCUT2D eigenvalue weighted by atomic mass is 10.0. The fourth-order valence-corrected chi connectivity index (χ4v) is 2.10. The van der Waals surface area contributed by atoms with E-state index in [1.54, 1.807) is 12.1 Å². The maximum atomic E-state index is 13.7. The highest BCUT2D eigenvalue weighted by atomic mass is 19.2. The Morgan fingerprint density at radius 1 is 0.579 bits per heavy atom. The first-order valence-electron chi connectivity index (χ1n) is 5.79. The summed E-state index contributed by atoms with van der Waals surface area (Å²) in [5.74, 6) is -3.00. The molecule has 0 nitrogen and oxygen atoms in total. The Morgan fingerprint density at radius 3 is 2.05 bits per heavy atom. The van der Waals surface area contributed by atoms with Gasteiger partial charge in [-0.1, -0.05) is 36.4 Å². The van der Waals surface area contributed by atoms with Crippen LogP contribution < -0.4 is 0 Å². The van der Waals surface area contributed by atoms with Crippen molar-refractivity contribution >= 4 is 10.8 Å². The first kappa shape index (κ1) is 11.8. The minimum atomic E-state index is -1.18. The smallest absolute Gasteiger partial charge is 0.161 e. The summed E-state index contributed by atoms with van der Waals surface area (Å²) in [5.41, 5.74) is 0.583. The van der Waals surface area contributed by atoms with Crippen molar-refractivity contribution in [1.29, 1.82) is 0 Å². The van der Waals surface area contributed by atoms with E-state index in [1.807, 2.05) is 30.3 Å². The number of halogens is 3. The zero-order chi connectivity index (χ0) is 13.4. The maximum absolute atomic E-state index is 13.7. The summed E-state index contributed by atoms with van der Waals surface area (Å²) in [7, 11) is 0. The molecule has 0 saturated carbocycles. The van der Waals surface area contributed by atoms with Gasteiger partial charge in [-0.05, 0) is 28.5 Å². The van der Waals surface area contributed by atoms with Crippen LogP contribution in [0, 0.1) is 17.5 Å². The Hall–Kier alpha value is -2.29. The number of fused-ring (bicyclic) bond motifs is 1. The molecule has 0 aromatic heterocycles. The van der Waals surface area contributed by atoms with Crippen LogP contribution >= 0.6 is 0 Å². The van der Waals surface area contributed by atoms with Gasteiger partial charge in [0.2, 0.25) is 0 Å². The standard InChI is InChI=1S/C16H9F3/c17-14-9-16(19)15(18)8-13(14)12-6-5-10-3-1-2-4-11(10)7-12/h1-9H.